The number of carbonyl (C=O) groups is 2. The molecular formula is C26H25NO4S. The van der Waals surface area contributed by atoms with E-state index in [1.807, 2.05) is 74.5 Å². The SMILES string of the molecule is CCCOc1ccc2ccccc2c1/C=C1\SC(=O)N(CCOc2cccc(C)c2)C1=O. The second-order valence-electron chi connectivity index (χ2n) is 7.55. The smallest absolute Gasteiger partial charge is 0.293 e. The van der Waals surface area contributed by atoms with Gasteiger partial charge in [0.05, 0.1) is 18.1 Å². The first-order valence-corrected chi connectivity index (χ1v) is 11.5. The van der Waals surface area contributed by atoms with Crippen molar-refractivity contribution in [3.8, 4) is 11.5 Å². The molecule has 1 heterocycles. The number of benzene rings is 3. The van der Waals surface area contributed by atoms with E-state index in [-0.39, 0.29) is 24.3 Å². The zero-order valence-corrected chi connectivity index (χ0v) is 19.0. The lowest BCUT2D eigenvalue weighted by Gasteiger charge is -2.14. The van der Waals surface area contributed by atoms with Crippen LogP contribution in [0.3, 0.4) is 0 Å². The Morgan fingerprint density at radius 3 is 2.62 bits per heavy atom. The van der Waals surface area contributed by atoms with Gasteiger partial charge in [0, 0.05) is 5.56 Å². The topological polar surface area (TPSA) is 55.8 Å². The standard InChI is InChI=1S/C26H25NO4S/c1-3-14-31-23-12-11-19-8-4-5-10-21(19)22(23)17-24-25(28)27(26(29)32-24)13-15-30-20-9-6-7-18(2)16-20/h4-12,16-17H,3,13-15H2,1-2H3/b24-17-. The van der Waals surface area contributed by atoms with E-state index < -0.39 is 0 Å². The quantitative estimate of drug-likeness (QED) is 0.393. The molecule has 0 bridgehead atoms. The van der Waals surface area contributed by atoms with Gasteiger partial charge in [0.1, 0.15) is 18.1 Å². The van der Waals surface area contributed by atoms with Gasteiger partial charge in [-0.15, -0.1) is 0 Å². The van der Waals surface area contributed by atoms with Crippen molar-refractivity contribution in [3.63, 3.8) is 0 Å². The summed E-state index contributed by atoms with van der Waals surface area (Å²) in [6, 6.07) is 19.6. The number of rotatable bonds is 8. The van der Waals surface area contributed by atoms with E-state index in [0.717, 1.165) is 45.8 Å². The lowest BCUT2D eigenvalue weighted by molar-refractivity contribution is -0.123. The molecule has 164 valence electrons. The van der Waals surface area contributed by atoms with Crippen LogP contribution in [0, 0.1) is 6.92 Å². The van der Waals surface area contributed by atoms with Crippen LogP contribution >= 0.6 is 11.8 Å². The maximum atomic E-state index is 13.0. The normalized spacial score (nSPS) is 15.1. The van der Waals surface area contributed by atoms with Gasteiger partial charge >= 0.3 is 0 Å². The number of thioether (sulfide) groups is 1. The molecule has 1 saturated heterocycles. The van der Waals surface area contributed by atoms with E-state index in [1.54, 1.807) is 6.08 Å². The highest BCUT2D eigenvalue weighted by molar-refractivity contribution is 8.18. The lowest BCUT2D eigenvalue weighted by Crippen LogP contribution is -2.32. The van der Waals surface area contributed by atoms with E-state index in [4.69, 9.17) is 9.47 Å². The molecule has 0 radical (unpaired) electrons. The van der Waals surface area contributed by atoms with Crippen LogP contribution in [0.15, 0.2) is 65.6 Å². The summed E-state index contributed by atoms with van der Waals surface area (Å²) in [5, 5.41) is 1.74. The van der Waals surface area contributed by atoms with Crippen molar-refractivity contribution in [1.29, 1.82) is 0 Å². The number of nitrogens with zero attached hydrogens (tertiary/aromatic N) is 1. The van der Waals surface area contributed by atoms with Crippen LogP contribution in [0.2, 0.25) is 0 Å². The Morgan fingerprint density at radius 2 is 1.81 bits per heavy atom. The summed E-state index contributed by atoms with van der Waals surface area (Å²) in [5.74, 6) is 1.13. The lowest BCUT2D eigenvalue weighted by atomic mass is 10.0. The van der Waals surface area contributed by atoms with Crippen LogP contribution in [0.1, 0.15) is 24.5 Å². The van der Waals surface area contributed by atoms with E-state index in [0.29, 0.717) is 17.3 Å². The van der Waals surface area contributed by atoms with Gasteiger partial charge < -0.3 is 9.47 Å². The first-order chi connectivity index (χ1) is 15.6. The van der Waals surface area contributed by atoms with Crippen molar-refractivity contribution in [2.45, 2.75) is 20.3 Å². The van der Waals surface area contributed by atoms with Gasteiger partial charge in [0.15, 0.2) is 0 Å². The van der Waals surface area contributed by atoms with Crippen molar-refractivity contribution in [3.05, 3.63) is 76.7 Å². The highest BCUT2D eigenvalue weighted by Gasteiger charge is 2.35. The number of hydrogen-bond donors (Lipinski definition) is 0. The molecule has 0 aromatic heterocycles. The molecule has 0 unspecified atom stereocenters. The Hall–Kier alpha value is -3.25. The summed E-state index contributed by atoms with van der Waals surface area (Å²) in [6.45, 7) is 5.06. The molecule has 4 rings (SSSR count). The Morgan fingerprint density at radius 1 is 0.969 bits per heavy atom. The van der Waals surface area contributed by atoms with Crippen LogP contribution in [0.4, 0.5) is 4.79 Å². The fourth-order valence-electron chi connectivity index (χ4n) is 3.55. The molecule has 2 amide bonds. The molecule has 6 heteroatoms. The van der Waals surface area contributed by atoms with Gasteiger partial charge in [0.25, 0.3) is 11.1 Å². The number of ether oxygens (including phenoxy) is 2. The first-order valence-electron chi connectivity index (χ1n) is 10.7. The summed E-state index contributed by atoms with van der Waals surface area (Å²) in [7, 11) is 0. The molecule has 0 spiro atoms. The highest BCUT2D eigenvalue weighted by Crippen LogP contribution is 2.36. The zero-order chi connectivity index (χ0) is 22.5. The maximum Gasteiger partial charge on any atom is 0.293 e. The number of carbonyl (C=O) groups excluding carboxylic acids is 2. The first kappa shape index (κ1) is 22.0. The van der Waals surface area contributed by atoms with Crippen LogP contribution in [-0.4, -0.2) is 35.8 Å². The van der Waals surface area contributed by atoms with Crippen molar-refractivity contribution < 1.29 is 19.1 Å². The van der Waals surface area contributed by atoms with Crippen LogP contribution in [0.5, 0.6) is 11.5 Å². The number of amides is 2. The van der Waals surface area contributed by atoms with Gasteiger partial charge in [-0.1, -0.05) is 49.4 Å². The molecule has 1 aliphatic rings. The largest absolute Gasteiger partial charge is 0.493 e. The molecule has 1 aliphatic heterocycles. The molecule has 32 heavy (non-hydrogen) atoms. The van der Waals surface area contributed by atoms with Crippen molar-refractivity contribution in [2.75, 3.05) is 19.8 Å². The Balaban J connectivity index is 1.55. The zero-order valence-electron chi connectivity index (χ0n) is 18.2. The third-order valence-corrected chi connectivity index (χ3v) is 6.02. The molecule has 0 saturated carbocycles. The average Bonchev–Trinajstić information content (AvgIpc) is 3.06. The molecule has 3 aromatic rings. The Labute approximate surface area is 192 Å². The third-order valence-electron chi connectivity index (χ3n) is 5.11. The second-order valence-corrected chi connectivity index (χ2v) is 8.54. The second kappa shape index (κ2) is 9.92. The molecule has 1 fully saturated rings. The summed E-state index contributed by atoms with van der Waals surface area (Å²) in [6.07, 6.45) is 2.66. The third kappa shape index (κ3) is 4.81. The number of hydrogen-bond acceptors (Lipinski definition) is 5. The van der Waals surface area contributed by atoms with Gasteiger partial charge in [-0.25, -0.2) is 0 Å². The van der Waals surface area contributed by atoms with Gasteiger partial charge in [-0.3, -0.25) is 14.5 Å². The number of imide groups is 1. The molecule has 3 aromatic carbocycles. The summed E-state index contributed by atoms with van der Waals surface area (Å²) < 4.78 is 11.7. The predicted molar refractivity (Wildman–Crippen MR) is 129 cm³/mol. The van der Waals surface area contributed by atoms with Crippen molar-refractivity contribution >= 4 is 39.8 Å². The minimum absolute atomic E-state index is 0.199. The molecule has 0 N–H and O–H groups in total. The number of fused-ring (bicyclic) bond motifs is 1. The molecular weight excluding hydrogens is 422 g/mol. The minimum atomic E-state index is -0.304. The van der Waals surface area contributed by atoms with Gasteiger partial charge in [-0.05, 0) is 65.7 Å². The highest BCUT2D eigenvalue weighted by atomic mass is 32.2. The summed E-state index contributed by atoms with van der Waals surface area (Å²) >= 11 is 0.954. The van der Waals surface area contributed by atoms with Crippen LogP contribution in [-0.2, 0) is 4.79 Å². The fraction of sp³-hybridized carbons (Fsp3) is 0.231. The van der Waals surface area contributed by atoms with E-state index in [1.165, 1.54) is 4.90 Å². The molecule has 0 atom stereocenters. The fourth-order valence-corrected chi connectivity index (χ4v) is 4.39. The Kier molecular flexibility index (Phi) is 6.81. The summed E-state index contributed by atoms with van der Waals surface area (Å²) in [5.41, 5.74) is 1.91. The Bertz CT molecular complexity index is 1190. The minimum Gasteiger partial charge on any atom is -0.493 e. The van der Waals surface area contributed by atoms with Crippen LogP contribution < -0.4 is 9.47 Å². The maximum absolute atomic E-state index is 13.0. The average molecular weight is 448 g/mol. The predicted octanol–water partition coefficient (Wildman–Crippen LogP) is 6.05. The molecule has 5 nitrogen and oxygen atoms in total. The van der Waals surface area contributed by atoms with Gasteiger partial charge in [-0.2, -0.15) is 0 Å². The van der Waals surface area contributed by atoms with E-state index in [2.05, 4.69) is 0 Å². The van der Waals surface area contributed by atoms with E-state index in [9.17, 15) is 9.59 Å². The molecule has 0 aliphatic carbocycles. The summed E-state index contributed by atoms with van der Waals surface area (Å²) in [4.78, 5) is 27.2. The van der Waals surface area contributed by atoms with Gasteiger partial charge in [0.2, 0.25) is 0 Å². The van der Waals surface area contributed by atoms with E-state index >= 15 is 0 Å². The van der Waals surface area contributed by atoms with Crippen LogP contribution in [0.25, 0.3) is 16.8 Å². The van der Waals surface area contributed by atoms with Crippen molar-refractivity contribution in [2.24, 2.45) is 0 Å². The number of aryl methyl sites for hydroxylation is 1. The monoisotopic (exact) mass is 447 g/mol. The van der Waals surface area contributed by atoms with Crippen molar-refractivity contribution in [1.82, 2.24) is 4.90 Å².